The summed E-state index contributed by atoms with van der Waals surface area (Å²) < 4.78 is 13.5. The molecule has 124 valence electrons. The molecule has 2 aromatic rings. The number of nitro groups is 1. The highest BCUT2D eigenvalue weighted by Crippen LogP contribution is 2.24. The molecule has 2 rings (SSSR count). The summed E-state index contributed by atoms with van der Waals surface area (Å²) in [6.45, 7) is 0. The van der Waals surface area contributed by atoms with Gasteiger partial charge in [-0.15, -0.1) is 0 Å². The summed E-state index contributed by atoms with van der Waals surface area (Å²) in [5.41, 5.74) is 3.60. The number of nitrogens with one attached hydrogen (secondary N) is 3. The lowest BCUT2D eigenvalue weighted by molar-refractivity contribution is -0.383. The maximum atomic E-state index is 13.5. The quantitative estimate of drug-likeness (QED) is 0.333. The van der Waals surface area contributed by atoms with E-state index in [1.165, 1.54) is 24.4 Å². The van der Waals surface area contributed by atoms with Crippen LogP contribution in [0, 0.1) is 15.9 Å². The molecule has 7 nitrogen and oxygen atoms in total. The van der Waals surface area contributed by atoms with Gasteiger partial charge in [-0.05, 0) is 30.4 Å². The maximum absolute atomic E-state index is 13.5. The highest BCUT2D eigenvalue weighted by atomic mass is 32.1. The molecule has 0 aromatic heterocycles. The first kappa shape index (κ1) is 17.3. The zero-order valence-electron chi connectivity index (χ0n) is 12.6. The standard InChI is InChI=1S/C15H14FN5O2S/c1-17-13-7-6-10(8-14(13)21(22)23)9-18-20-15(24)19-12-5-3-2-4-11(12)16/h2-9,17H,1H3,(H2,19,20,24)/b18-9+. The van der Waals surface area contributed by atoms with Gasteiger partial charge in [0.1, 0.15) is 11.5 Å². The Morgan fingerprint density at radius 1 is 1.29 bits per heavy atom. The number of rotatable bonds is 5. The summed E-state index contributed by atoms with van der Waals surface area (Å²) in [5.74, 6) is -0.441. The van der Waals surface area contributed by atoms with E-state index in [0.29, 0.717) is 11.3 Å². The number of nitrogens with zero attached hydrogens (tertiary/aromatic N) is 2. The molecule has 0 saturated heterocycles. The molecule has 24 heavy (non-hydrogen) atoms. The van der Waals surface area contributed by atoms with Gasteiger partial charge in [0.05, 0.1) is 16.8 Å². The van der Waals surface area contributed by atoms with Gasteiger partial charge in [0.2, 0.25) is 0 Å². The molecule has 0 unspecified atom stereocenters. The van der Waals surface area contributed by atoms with Gasteiger partial charge in [0.15, 0.2) is 5.11 Å². The first-order chi connectivity index (χ1) is 11.5. The number of halogens is 1. The molecule has 0 amide bonds. The lowest BCUT2D eigenvalue weighted by atomic mass is 10.2. The molecule has 0 saturated carbocycles. The van der Waals surface area contributed by atoms with Gasteiger partial charge in [-0.25, -0.2) is 4.39 Å². The second kappa shape index (κ2) is 7.97. The van der Waals surface area contributed by atoms with Crippen molar-refractivity contribution in [3.63, 3.8) is 0 Å². The van der Waals surface area contributed by atoms with Crippen LogP contribution in [0.5, 0.6) is 0 Å². The van der Waals surface area contributed by atoms with E-state index in [1.54, 1.807) is 31.3 Å². The minimum absolute atomic E-state index is 0.0616. The molecule has 0 bridgehead atoms. The van der Waals surface area contributed by atoms with Gasteiger partial charge in [-0.2, -0.15) is 5.10 Å². The van der Waals surface area contributed by atoms with Crippen LogP contribution in [-0.4, -0.2) is 23.3 Å². The van der Waals surface area contributed by atoms with Gasteiger partial charge in [0, 0.05) is 18.7 Å². The SMILES string of the molecule is CNc1ccc(/C=N/NC(=S)Nc2ccccc2F)cc1[N+](=O)[O-]. The second-order valence-corrected chi connectivity index (χ2v) is 5.00. The van der Waals surface area contributed by atoms with Gasteiger partial charge < -0.3 is 10.6 Å². The molecule has 0 aliphatic rings. The van der Waals surface area contributed by atoms with Crippen LogP contribution in [0.2, 0.25) is 0 Å². The van der Waals surface area contributed by atoms with Crippen LogP contribution in [0.3, 0.4) is 0 Å². The number of thiocarbonyl (C=S) groups is 1. The number of hydrazone groups is 1. The van der Waals surface area contributed by atoms with Crippen molar-refractivity contribution in [2.45, 2.75) is 0 Å². The second-order valence-electron chi connectivity index (χ2n) is 4.59. The van der Waals surface area contributed by atoms with Crippen LogP contribution in [0.1, 0.15) is 5.56 Å². The molecular weight excluding hydrogens is 333 g/mol. The van der Waals surface area contributed by atoms with E-state index in [9.17, 15) is 14.5 Å². The van der Waals surface area contributed by atoms with Crippen molar-refractivity contribution in [1.82, 2.24) is 5.43 Å². The van der Waals surface area contributed by atoms with Crippen molar-refractivity contribution in [3.8, 4) is 0 Å². The topological polar surface area (TPSA) is 91.6 Å². The predicted octanol–water partition coefficient (Wildman–Crippen LogP) is 3.10. The third kappa shape index (κ3) is 4.46. The Kier molecular flexibility index (Phi) is 5.74. The zero-order valence-corrected chi connectivity index (χ0v) is 13.4. The summed E-state index contributed by atoms with van der Waals surface area (Å²) >= 11 is 5.00. The van der Waals surface area contributed by atoms with E-state index in [-0.39, 0.29) is 16.5 Å². The Labute approximate surface area is 142 Å². The van der Waals surface area contributed by atoms with Crippen molar-refractivity contribution in [2.75, 3.05) is 17.7 Å². The molecule has 9 heteroatoms. The maximum Gasteiger partial charge on any atom is 0.292 e. The summed E-state index contributed by atoms with van der Waals surface area (Å²) in [6, 6.07) is 10.7. The highest BCUT2D eigenvalue weighted by molar-refractivity contribution is 7.80. The summed E-state index contributed by atoms with van der Waals surface area (Å²) in [4.78, 5) is 10.5. The van der Waals surface area contributed by atoms with Crippen molar-refractivity contribution in [1.29, 1.82) is 0 Å². The smallest absolute Gasteiger partial charge is 0.292 e. The highest BCUT2D eigenvalue weighted by Gasteiger charge is 2.12. The van der Waals surface area contributed by atoms with Gasteiger partial charge >= 0.3 is 0 Å². The van der Waals surface area contributed by atoms with E-state index in [2.05, 4.69) is 21.2 Å². The Balaban J connectivity index is 2.01. The van der Waals surface area contributed by atoms with Crippen molar-refractivity contribution in [2.24, 2.45) is 5.10 Å². The number of hydrogen-bond acceptors (Lipinski definition) is 5. The minimum Gasteiger partial charge on any atom is -0.383 e. The average molecular weight is 347 g/mol. The summed E-state index contributed by atoms with van der Waals surface area (Å²) in [6.07, 6.45) is 1.38. The molecule has 0 radical (unpaired) electrons. The minimum atomic E-state index is -0.485. The summed E-state index contributed by atoms with van der Waals surface area (Å²) in [7, 11) is 1.60. The molecule has 0 aliphatic heterocycles. The van der Waals surface area contributed by atoms with Crippen LogP contribution in [0.4, 0.5) is 21.5 Å². The van der Waals surface area contributed by atoms with Crippen LogP contribution >= 0.6 is 12.2 Å². The van der Waals surface area contributed by atoms with E-state index in [4.69, 9.17) is 12.2 Å². The van der Waals surface area contributed by atoms with Crippen LogP contribution in [0.15, 0.2) is 47.6 Å². The Morgan fingerprint density at radius 3 is 2.71 bits per heavy atom. The lowest BCUT2D eigenvalue weighted by Crippen LogP contribution is -2.24. The number of hydrogen-bond donors (Lipinski definition) is 3. The van der Waals surface area contributed by atoms with E-state index in [0.717, 1.165) is 0 Å². The van der Waals surface area contributed by atoms with Crippen LogP contribution in [-0.2, 0) is 0 Å². The monoisotopic (exact) mass is 347 g/mol. The van der Waals surface area contributed by atoms with E-state index >= 15 is 0 Å². The van der Waals surface area contributed by atoms with Crippen LogP contribution in [0.25, 0.3) is 0 Å². The summed E-state index contributed by atoms with van der Waals surface area (Å²) in [5, 5.41) is 20.4. The van der Waals surface area contributed by atoms with Crippen LogP contribution < -0.4 is 16.1 Å². The zero-order chi connectivity index (χ0) is 17.5. The van der Waals surface area contributed by atoms with E-state index < -0.39 is 10.7 Å². The lowest BCUT2D eigenvalue weighted by Gasteiger charge is -2.07. The fraction of sp³-hybridized carbons (Fsp3) is 0.0667. The van der Waals surface area contributed by atoms with E-state index in [1.807, 2.05) is 0 Å². The first-order valence-electron chi connectivity index (χ1n) is 6.82. The molecule has 0 heterocycles. The fourth-order valence-electron chi connectivity index (χ4n) is 1.87. The Bertz CT molecular complexity index is 797. The number of benzene rings is 2. The first-order valence-corrected chi connectivity index (χ1v) is 7.23. The van der Waals surface area contributed by atoms with Gasteiger partial charge in [0.25, 0.3) is 5.69 Å². The number of para-hydroxylation sites is 1. The van der Waals surface area contributed by atoms with Crippen molar-refractivity contribution >= 4 is 40.6 Å². The van der Waals surface area contributed by atoms with Gasteiger partial charge in [-0.1, -0.05) is 18.2 Å². The number of anilines is 2. The molecular formula is C15H14FN5O2S. The van der Waals surface area contributed by atoms with Crippen molar-refractivity contribution < 1.29 is 9.31 Å². The third-order valence-corrected chi connectivity index (χ3v) is 3.18. The average Bonchev–Trinajstić information content (AvgIpc) is 2.56. The molecule has 2 aromatic carbocycles. The molecule has 0 atom stereocenters. The number of nitro benzene ring substituents is 1. The largest absolute Gasteiger partial charge is 0.383 e. The van der Waals surface area contributed by atoms with Crippen molar-refractivity contribution in [3.05, 3.63) is 64.0 Å². The normalized spacial score (nSPS) is 10.4. The Morgan fingerprint density at radius 2 is 2.04 bits per heavy atom. The fourth-order valence-corrected chi connectivity index (χ4v) is 2.03. The predicted molar refractivity (Wildman–Crippen MR) is 96.0 cm³/mol. The Hall–Kier alpha value is -3.07. The van der Waals surface area contributed by atoms with Gasteiger partial charge in [-0.3, -0.25) is 15.5 Å². The molecule has 0 spiro atoms. The molecule has 0 fully saturated rings. The molecule has 3 N–H and O–H groups in total. The third-order valence-electron chi connectivity index (χ3n) is 2.99. The molecule has 0 aliphatic carbocycles.